The highest BCUT2D eigenvalue weighted by molar-refractivity contribution is 9.10. The van der Waals surface area contributed by atoms with E-state index in [4.69, 9.17) is 5.11 Å². The standard InChI is InChI=1S/C11H12BrNO2/c12-8-5-4-7-2-1-3-9(11(14)15)13-10(7)6-8/h4-6,9,13H,1-3H2,(H,14,15). The summed E-state index contributed by atoms with van der Waals surface area (Å²) in [6.45, 7) is 0. The van der Waals surface area contributed by atoms with Crippen LogP contribution in [-0.2, 0) is 11.2 Å². The third kappa shape index (κ3) is 2.31. The van der Waals surface area contributed by atoms with Crippen molar-refractivity contribution in [1.82, 2.24) is 0 Å². The Bertz CT molecular complexity index is 392. The second-order valence-electron chi connectivity index (χ2n) is 3.73. The van der Waals surface area contributed by atoms with Crippen molar-refractivity contribution in [3.8, 4) is 0 Å². The Kier molecular flexibility index (Phi) is 2.95. The van der Waals surface area contributed by atoms with Crippen molar-refractivity contribution in [2.24, 2.45) is 0 Å². The maximum atomic E-state index is 10.9. The van der Waals surface area contributed by atoms with Crippen molar-refractivity contribution in [3.63, 3.8) is 0 Å². The van der Waals surface area contributed by atoms with Gasteiger partial charge in [-0.25, -0.2) is 4.79 Å². The Balaban J connectivity index is 2.31. The number of hydrogen-bond acceptors (Lipinski definition) is 2. The van der Waals surface area contributed by atoms with Crippen LogP contribution in [0.25, 0.3) is 0 Å². The van der Waals surface area contributed by atoms with Crippen LogP contribution in [-0.4, -0.2) is 17.1 Å². The molecule has 0 spiro atoms. The molecule has 1 aromatic carbocycles. The summed E-state index contributed by atoms with van der Waals surface area (Å²) >= 11 is 3.39. The highest BCUT2D eigenvalue weighted by Crippen LogP contribution is 2.27. The van der Waals surface area contributed by atoms with Crippen LogP contribution < -0.4 is 5.32 Å². The first-order valence-corrected chi connectivity index (χ1v) is 5.74. The minimum Gasteiger partial charge on any atom is -0.480 e. The van der Waals surface area contributed by atoms with Crippen molar-refractivity contribution in [3.05, 3.63) is 28.2 Å². The molecule has 2 N–H and O–H groups in total. The lowest BCUT2D eigenvalue weighted by Gasteiger charge is -2.13. The summed E-state index contributed by atoms with van der Waals surface area (Å²) in [6.07, 6.45) is 2.54. The van der Waals surface area contributed by atoms with Crippen molar-refractivity contribution in [2.75, 3.05) is 5.32 Å². The van der Waals surface area contributed by atoms with Gasteiger partial charge >= 0.3 is 5.97 Å². The van der Waals surface area contributed by atoms with Gasteiger partial charge in [0.15, 0.2) is 0 Å². The van der Waals surface area contributed by atoms with Gasteiger partial charge in [-0.05, 0) is 37.0 Å². The second kappa shape index (κ2) is 4.23. The Morgan fingerprint density at radius 2 is 2.33 bits per heavy atom. The van der Waals surface area contributed by atoms with Gasteiger partial charge in [0.2, 0.25) is 0 Å². The number of hydrogen-bond donors (Lipinski definition) is 2. The monoisotopic (exact) mass is 269 g/mol. The molecule has 1 heterocycles. The molecule has 1 aromatic rings. The summed E-state index contributed by atoms with van der Waals surface area (Å²) in [6, 6.07) is 5.51. The van der Waals surface area contributed by atoms with E-state index in [0.29, 0.717) is 6.42 Å². The zero-order chi connectivity index (χ0) is 10.8. The highest BCUT2D eigenvalue weighted by atomic mass is 79.9. The smallest absolute Gasteiger partial charge is 0.326 e. The molecular formula is C11H12BrNO2. The zero-order valence-electron chi connectivity index (χ0n) is 8.16. The summed E-state index contributed by atoms with van der Waals surface area (Å²) in [5.74, 6) is -0.775. The molecular weight excluding hydrogens is 258 g/mol. The van der Waals surface area contributed by atoms with Gasteiger partial charge in [-0.1, -0.05) is 22.0 Å². The number of fused-ring (bicyclic) bond motifs is 1. The lowest BCUT2D eigenvalue weighted by Crippen LogP contribution is -2.28. The summed E-state index contributed by atoms with van der Waals surface area (Å²) in [7, 11) is 0. The maximum absolute atomic E-state index is 10.9. The molecule has 1 aliphatic rings. The van der Waals surface area contributed by atoms with Crippen LogP contribution in [0.3, 0.4) is 0 Å². The van der Waals surface area contributed by atoms with E-state index in [0.717, 1.165) is 23.0 Å². The van der Waals surface area contributed by atoms with Crippen molar-refractivity contribution >= 4 is 27.6 Å². The van der Waals surface area contributed by atoms with E-state index < -0.39 is 12.0 Å². The molecule has 0 fully saturated rings. The molecule has 4 heteroatoms. The fourth-order valence-corrected chi connectivity index (χ4v) is 2.20. The molecule has 15 heavy (non-hydrogen) atoms. The molecule has 0 aliphatic carbocycles. The van der Waals surface area contributed by atoms with Gasteiger partial charge in [0.1, 0.15) is 6.04 Å². The number of rotatable bonds is 1. The molecule has 80 valence electrons. The molecule has 0 bridgehead atoms. The maximum Gasteiger partial charge on any atom is 0.326 e. The average molecular weight is 270 g/mol. The first-order valence-electron chi connectivity index (χ1n) is 4.94. The van der Waals surface area contributed by atoms with Gasteiger partial charge in [-0.15, -0.1) is 0 Å². The zero-order valence-corrected chi connectivity index (χ0v) is 9.75. The van der Waals surface area contributed by atoms with Crippen LogP contribution in [0.2, 0.25) is 0 Å². The van der Waals surface area contributed by atoms with Gasteiger partial charge in [0.05, 0.1) is 0 Å². The fraction of sp³-hybridized carbons (Fsp3) is 0.364. The van der Waals surface area contributed by atoms with Crippen LogP contribution in [0, 0.1) is 0 Å². The Morgan fingerprint density at radius 3 is 3.07 bits per heavy atom. The van der Waals surface area contributed by atoms with E-state index in [9.17, 15) is 4.79 Å². The van der Waals surface area contributed by atoms with Crippen LogP contribution in [0.5, 0.6) is 0 Å². The van der Waals surface area contributed by atoms with E-state index in [1.807, 2.05) is 18.2 Å². The number of nitrogens with one attached hydrogen (secondary N) is 1. The molecule has 1 atom stereocenters. The van der Waals surface area contributed by atoms with E-state index in [1.165, 1.54) is 5.56 Å². The summed E-state index contributed by atoms with van der Waals surface area (Å²) in [5.41, 5.74) is 2.14. The first kappa shape index (κ1) is 10.5. The Labute approximate surface area is 96.6 Å². The number of aliphatic carboxylic acids is 1. The lowest BCUT2D eigenvalue weighted by molar-refractivity contribution is -0.138. The van der Waals surface area contributed by atoms with E-state index >= 15 is 0 Å². The molecule has 0 saturated heterocycles. The van der Waals surface area contributed by atoms with Crippen molar-refractivity contribution < 1.29 is 9.90 Å². The molecule has 2 rings (SSSR count). The SMILES string of the molecule is O=C(O)C1CCCc2ccc(Br)cc2N1. The molecule has 3 nitrogen and oxygen atoms in total. The molecule has 1 aliphatic heterocycles. The van der Waals surface area contributed by atoms with Gasteiger partial charge < -0.3 is 10.4 Å². The predicted octanol–water partition coefficient (Wildman–Crippen LogP) is 2.65. The third-order valence-electron chi connectivity index (χ3n) is 2.64. The molecule has 0 saturated carbocycles. The summed E-state index contributed by atoms with van der Waals surface area (Å²) < 4.78 is 0.972. The topological polar surface area (TPSA) is 49.3 Å². The molecule has 0 aromatic heterocycles. The van der Waals surface area contributed by atoms with Gasteiger partial charge in [-0.3, -0.25) is 0 Å². The van der Waals surface area contributed by atoms with Gasteiger partial charge in [0, 0.05) is 10.2 Å². The number of carboxylic acid groups (broad SMARTS) is 1. The Morgan fingerprint density at radius 1 is 1.53 bits per heavy atom. The first-order chi connectivity index (χ1) is 7.16. The van der Waals surface area contributed by atoms with Crippen LogP contribution in [0.4, 0.5) is 5.69 Å². The molecule has 1 unspecified atom stereocenters. The normalized spacial score (nSPS) is 19.9. The van der Waals surface area contributed by atoms with Crippen LogP contribution in [0.15, 0.2) is 22.7 Å². The average Bonchev–Trinajstić information content (AvgIpc) is 2.39. The lowest BCUT2D eigenvalue weighted by atomic mass is 10.1. The minimum atomic E-state index is -0.775. The number of anilines is 1. The largest absolute Gasteiger partial charge is 0.480 e. The summed E-state index contributed by atoms with van der Waals surface area (Å²) in [4.78, 5) is 10.9. The predicted molar refractivity (Wildman–Crippen MR) is 62.1 cm³/mol. The van der Waals surface area contributed by atoms with Gasteiger partial charge in [0.25, 0.3) is 0 Å². The van der Waals surface area contributed by atoms with E-state index in [2.05, 4.69) is 21.2 Å². The van der Waals surface area contributed by atoms with Gasteiger partial charge in [-0.2, -0.15) is 0 Å². The van der Waals surface area contributed by atoms with Crippen LogP contribution >= 0.6 is 15.9 Å². The fourth-order valence-electron chi connectivity index (χ4n) is 1.84. The van der Waals surface area contributed by atoms with Crippen LogP contribution in [0.1, 0.15) is 18.4 Å². The van der Waals surface area contributed by atoms with E-state index in [-0.39, 0.29) is 0 Å². The number of benzene rings is 1. The molecule has 0 amide bonds. The van der Waals surface area contributed by atoms with Crippen molar-refractivity contribution in [2.45, 2.75) is 25.3 Å². The molecule has 0 radical (unpaired) electrons. The highest BCUT2D eigenvalue weighted by Gasteiger charge is 2.21. The quantitative estimate of drug-likeness (QED) is 0.824. The number of aryl methyl sites for hydroxylation is 1. The minimum absolute atomic E-state index is 0.458. The second-order valence-corrected chi connectivity index (χ2v) is 4.64. The van der Waals surface area contributed by atoms with E-state index in [1.54, 1.807) is 0 Å². The number of halogens is 1. The Hall–Kier alpha value is -1.03. The summed E-state index contributed by atoms with van der Waals surface area (Å²) in [5, 5.41) is 12.1. The third-order valence-corrected chi connectivity index (χ3v) is 3.13. The van der Waals surface area contributed by atoms with Crippen molar-refractivity contribution in [1.29, 1.82) is 0 Å². The number of carbonyl (C=O) groups is 1. The number of carboxylic acids is 1.